The number of nitrogens with one attached hydrogen (secondary N) is 1. The lowest BCUT2D eigenvalue weighted by Crippen LogP contribution is -2.23. The monoisotopic (exact) mass is 325 g/mol. The van der Waals surface area contributed by atoms with E-state index in [1.807, 2.05) is 38.1 Å². The fourth-order valence-corrected chi connectivity index (χ4v) is 2.51. The van der Waals surface area contributed by atoms with Gasteiger partial charge in [-0.05, 0) is 23.1 Å². The van der Waals surface area contributed by atoms with E-state index in [0.717, 1.165) is 22.2 Å². The van der Waals surface area contributed by atoms with Crippen LogP contribution in [-0.2, 0) is 13.2 Å². The van der Waals surface area contributed by atoms with Crippen molar-refractivity contribution in [2.45, 2.75) is 32.9 Å². The summed E-state index contributed by atoms with van der Waals surface area (Å²) in [5.74, 6) is -0.0257. The molecule has 2 aromatic heterocycles. The minimum Gasteiger partial charge on any atom is -0.392 e. The summed E-state index contributed by atoms with van der Waals surface area (Å²) in [6.07, 6.45) is 1.48. The molecule has 0 saturated carbocycles. The van der Waals surface area contributed by atoms with Crippen LogP contribution in [0.4, 0.5) is 0 Å². The van der Waals surface area contributed by atoms with Gasteiger partial charge in [0.05, 0.1) is 23.3 Å². The van der Waals surface area contributed by atoms with Crippen molar-refractivity contribution in [3.63, 3.8) is 0 Å². The maximum atomic E-state index is 12.4. The Balaban J connectivity index is 1.77. The van der Waals surface area contributed by atoms with Gasteiger partial charge in [-0.1, -0.05) is 43.3 Å². The molecule has 0 unspecified atom stereocenters. The Morgan fingerprint density at radius 1 is 1.29 bits per heavy atom. The predicted octanol–water partition coefficient (Wildman–Crippen LogP) is 2.77. The van der Waals surface area contributed by atoms with Crippen LogP contribution in [0.5, 0.6) is 0 Å². The molecule has 0 saturated heterocycles. The number of aliphatic hydroxyl groups excluding tert-OH is 1. The molecule has 0 aliphatic carbocycles. The average Bonchev–Trinajstić information content (AvgIpc) is 3.03. The molecule has 0 fully saturated rings. The minimum atomic E-state index is -0.213. The average molecular weight is 325 g/mol. The number of carbonyl (C=O) groups is 1. The molecular weight excluding hydrogens is 306 g/mol. The first kappa shape index (κ1) is 16.1. The number of benzene rings is 1. The zero-order valence-corrected chi connectivity index (χ0v) is 13.6. The van der Waals surface area contributed by atoms with E-state index >= 15 is 0 Å². The molecule has 6 heteroatoms. The fraction of sp³-hybridized carbons (Fsp3) is 0.278. The van der Waals surface area contributed by atoms with E-state index in [-0.39, 0.29) is 18.4 Å². The molecule has 0 aliphatic heterocycles. The highest BCUT2D eigenvalue weighted by atomic mass is 16.5. The van der Waals surface area contributed by atoms with Gasteiger partial charge in [0.25, 0.3) is 11.6 Å². The molecule has 124 valence electrons. The highest BCUT2D eigenvalue weighted by Gasteiger charge is 2.15. The van der Waals surface area contributed by atoms with E-state index < -0.39 is 0 Å². The van der Waals surface area contributed by atoms with E-state index in [0.29, 0.717) is 17.8 Å². The maximum absolute atomic E-state index is 12.4. The number of fused-ring (bicyclic) bond motifs is 1. The normalized spacial score (nSPS) is 11.2. The standard InChI is InChI=1S/C18H19N3O3/c1-11(2)16-15-7-14(9-20-18(15)24-21-16)17(23)19-8-12-4-3-5-13(6-12)10-22/h3-7,9,11,22H,8,10H2,1-2H3,(H,19,23). The van der Waals surface area contributed by atoms with Crippen LogP contribution in [0, 0.1) is 0 Å². The number of aromatic nitrogens is 2. The zero-order chi connectivity index (χ0) is 17.1. The second-order valence-corrected chi connectivity index (χ2v) is 5.96. The highest BCUT2D eigenvalue weighted by Crippen LogP contribution is 2.24. The molecular formula is C18H19N3O3. The predicted molar refractivity (Wildman–Crippen MR) is 89.4 cm³/mol. The van der Waals surface area contributed by atoms with E-state index in [1.54, 1.807) is 6.07 Å². The first-order valence-electron chi connectivity index (χ1n) is 7.80. The Labute approximate surface area is 139 Å². The number of pyridine rings is 1. The van der Waals surface area contributed by atoms with Gasteiger partial charge in [0, 0.05) is 12.7 Å². The van der Waals surface area contributed by atoms with E-state index in [1.165, 1.54) is 6.20 Å². The molecule has 0 spiro atoms. The van der Waals surface area contributed by atoms with Gasteiger partial charge in [-0.3, -0.25) is 4.79 Å². The second kappa shape index (κ2) is 6.80. The van der Waals surface area contributed by atoms with Crippen molar-refractivity contribution < 1.29 is 14.4 Å². The van der Waals surface area contributed by atoms with Crippen molar-refractivity contribution in [3.8, 4) is 0 Å². The SMILES string of the molecule is CC(C)c1noc2ncc(C(=O)NCc3cccc(CO)c3)cc12. The summed E-state index contributed by atoms with van der Waals surface area (Å²) in [7, 11) is 0. The Morgan fingerprint density at radius 3 is 2.83 bits per heavy atom. The van der Waals surface area contributed by atoms with Crippen LogP contribution in [-0.4, -0.2) is 21.2 Å². The number of hydrogen-bond donors (Lipinski definition) is 2. The van der Waals surface area contributed by atoms with E-state index in [9.17, 15) is 4.79 Å². The molecule has 1 aromatic carbocycles. The molecule has 3 aromatic rings. The quantitative estimate of drug-likeness (QED) is 0.753. The van der Waals surface area contributed by atoms with Gasteiger partial charge >= 0.3 is 0 Å². The number of nitrogens with zero attached hydrogens (tertiary/aromatic N) is 2. The van der Waals surface area contributed by atoms with Gasteiger partial charge in [-0.15, -0.1) is 0 Å². The summed E-state index contributed by atoms with van der Waals surface area (Å²) < 4.78 is 5.18. The summed E-state index contributed by atoms with van der Waals surface area (Å²) >= 11 is 0. The van der Waals surface area contributed by atoms with Crippen molar-refractivity contribution in [2.24, 2.45) is 0 Å². The molecule has 0 atom stereocenters. The van der Waals surface area contributed by atoms with Crippen LogP contribution in [0.25, 0.3) is 11.1 Å². The molecule has 0 bridgehead atoms. The molecule has 2 N–H and O–H groups in total. The van der Waals surface area contributed by atoms with Crippen LogP contribution < -0.4 is 5.32 Å². The third-order valence-electron chi connectivity index (χ3n) is 3.79. The number of carbonyl (C=O) groups excluding carboxylic acids is 1. The minimum absolute atomic E-state index is 0.0200. The lowest BCUT2D eigenvalue weighted by molar-refractivity contribution is 0.0950. The number of rotatable bonds is 5. The van der Waals surface area contributed by atoms with Crippen LogP contribution in [0.2, 0.25) is 0 Å². The molecule has 1 amide bonds. The van der Waals surface area contributed by atoms with Crippen LogP contribution >= 0.6 is 0 Å². The molecule has 2 heterocycles. The number of aliphatic hydroxyl groups is 1. The third kappa shape index (κ3) is 3.28. The Hall–Kier alpha value is -2.73. The summed E-state index contributed by atoms with van der Waals surface area (Å²) in [6.45, 7) is 4.38. The van der Waals surface area contributed by atoms with Crippen LogP contribution in [0.1, 0.15) is 46.9 Å². The lowest BCUT2D eigenvalue weighted by Gasteiger charge is -2.07. The number of amides is 1. The largest absolute Gasteiger partial charge is 0.392 e. The number of hydrogen-bond acceptors (Lipinski definition) is 5. The van der Waals surface area contributed by atoms with Gasteiger partial charge in [0.1, 0.15) is 0 Å². The lowest BCUT2D eigenvalue weighted by atomic mass is 10.1. The maximum Gasteiger partial charge on any atom is 0.257 e. The Kier molecular flexibility index (Phi) is 4.57. The van der Waals surface area contributed by atoms with Crippen LogP contribution in [0.15, 0.2) is 41.1 Å². The van der Waals surface area contributed by atoms with Gasteiger partial charge < -0.3 is 14.9 Å². The first-order chi connectivity index (χ1) is 11.6. The van der Waals surface area contributed by atoms with Crippen molar-refractivity contribution in [1.82, 2.24) is 15.5 Å². The molecule has 24 heavy (non-hydrogen) atoms. The second-order valence-electron chi connectivity index (χ2n) is 5.96. The highest BCUT2D eigenvalue weighted by molar-refractivity contribution is 5.97. The molecule has 0 aliphatic rings. The Bertz CT molecular complexity index is 871. The smallest absolute Gasteiger partial charge is 0.257 e. The van der Waals surface area contributed by atoms with E-state index in [4.69, 9.17) is 9.63 Å². The van der Waals surface area contributed by atoms with Crippen LogP contribution in [0.3, 0.4) is 0 Å². The summed E-state index contributed by atoms with van der Waals surface area (Å²) in [5.41, 5.74) is 3.44. The summed E-state index contributed by atoms with van der Waals surface area (Å²) in [5, 5.41) is 16.8. The summed E-state index contributed by atoms with van der Waals surface area (Å²) in [6, 6.07) is 9.21. The van der Waals surface area contributed by atoms with Crippen molar-refractivity contribution in [2.75, 3.05) is 0 Å². The van der Waals surface area contributed by atoms with Crippen molar-refractivity contribution >= 4 is 17.0 Å². The van der Waals surface area contributed by atoms with Crippen molar-refractivity contribution in [1.29, 1.82) is 0 Å². The topological polar surface area (TPSA) is 88.2 Å². The molecule has 3 rings (SSSR count). The zero-order valence-electron chi connectivity index (χ0n) is 13.6. The van der Waals surface area contributed by atoms with Crippen molar-refractivity contribution in [3.05, 3.63) is 58.9 Å². The first-order valence-corrected chi connectivity index (χ1v) is 7.80. The summed E-state index contributed by atoms with van der Waals surface area (Å²) in [4.78, 5) is 16.5. The van der Waals surface area contributed by atoms with Gasteiger partial charge in [-0.25, -0.2) is 4.98 Å². The van der Waals surface area contributed by atoms with E-state index in [2.05, 4.69) is 15.5 Å². The molecule has 6 nitrogen and oxygen atoms in total. The fourth-order valence-electron chi connectivity index (χ4n) is 2.51. The van der Waals surface area contributed by atoms with Gasteiger partial charge in [-0.2, -0.15) is 0 Å². The Morgan fingerprint density at radius 2 is 2.08 bits per heavy atom. The van der Waals surface area contributed by atoms with Gasteiger partial charge in [0.15, 0.2) is 0 Å². The molecule has 0 radical (unpaired) electrons. The van der Waals surface area contributed by atoms with Gasteiger partial charge in [0.2, 0.25) is 0 Å². The third-order valence-corrected chi connectivity index (χ3v) is 3.79.